The Hall–Kier alpha value is -3.39. The van der Waals surface area contributed by atoms with E-state index >= 15 is 4.39 Å². The van der Waals surface area contributed by atoms with Gasteiger partial charge in [0.1, 0.15) is 34.5 Å². The van der Waals surface area contributed by atoms with Gasteiger partial charge in [-0.1, -0.05) is 6.07 Å². The number of aromatic nitrogens is 2. The number of nitrogen functional groups attached to an aromatic ring is 1. The number of thiophene rings is 1. The number of likely N-dealkylation sites (N-methyl/N-ethyl adjacent to an activating group) is 1. The largest absolute Gasteiger partial charge is 0.389 e. The van der Waals surface area contributed by atoms with E-state index in [1.54, 1.807) is 0 Å². The summed E-state index contributed by atoms with van der Waals surface area (Å²) < 4.78 is 37.1. The molecular weight excluding hydrogens is 470 g/mol. The predicted molar refractivity (Wildman–Crippen MR) is 130 cm³/mol. The molecule has 176 valence electrons. The van der Waals surface area contributed by atoms with Gasteiger partial charge < -0.3 is 15.4 Å². The van der Waals surface area contributed by atoms with E-state index in [1.165, 1.54) is 18.5 Å². The van der Waals surface area contributed by atoms with Gasteiger partial charge in [-0.25, -0.2) is 18.7 Å². The lowest BCUT2D eigenvalue weighted by molar-refractivity contribution is 0.135. The molecule has 2 saturated heterocycles. The second kappa shape index (κ2) is 7.31. The Morgan fingerprint density at radius 1 is 1.14 bits per heavy atom. The molecule has 2 unspecified atom stereocenters. The number of hydrogen-bond donors (Lipinski definition) is 1. The Morgan fingerprint density at radius 3 is 2.71 bits per heavy atom. The summed E-state index contributed by atoms with van der Waals surface area (Å²) >= 11 is 0.998. The molecule has 35 heavy (non-hydrogen) atoms. The number of halogens is 2. The highest BCUT2D eigenvalue weighted by molar-refractivity contribution is 7.23. The van der Waals surface area contributed by atoms with Crippen molar-refractivity contribution in [3.63, 3.8) is 0 Å². The maximum atomic E-state index is 16.4. The van der Waals surface area contributed by atoms with Gasteiger partial charge >= 0.3 is 0 Å². The summed E-state index contributed by atoms with van der Waals surface area (Å²) in [6.45, 7) is 2.30. The van der Waals surface area contributed by atoms with E-state index < -0.39 is 11.6 Å². The normalized spacial score (nSPS) is 21.4. The fourth-order valence-electron chi connectivity index (χ4n) is 6.08. The van der Waals surface area contributed by atoms with Crippen LogP contribution in [-0.4, -0.2) is 47.1 Å². The van der Waals surface area contributed by atoms with Crippen molar-refractivity contribution in [2.45, 2.75) is 31.7 Å². The maximum absolute atomic E-state index is 16.4. The Morgan fingerprint density at radius 2 is 1.97 bits per heavy atom. The van der Waals surface area contributed by atoms with Crippen LogP contribution in [0.25, 0.3) is 32.1 Å². The number of nitriles is 1. The van der Waals surface area contributed by atoms with Crippen molar-refractivity contribution in [2.24, 2.45) is 0 Å². The molecule has 2 bridgehead atoms. The van der Waals surface area contributed by atoms with Crippen LogP contribution in [0.3, 0.4) is 0 Å². The van der Waals surface area contributed by atoms with E-state index in [9.17, 15) is 9.65 Å². The van der Waals surface area contributed by atoms with Crippen LogP contribution in [0.4, 0.5) is 19.6 Å². The molecule has 3 aliphatic heterocycles. The molecule has 2 aromatic carbocycles. The van der Waals surface area contributed by atoms with Crippen molar-refractivity contribution in [1.29, 1.82) is 5.26 Å². The van der Waals surface area contributed by atoms with Crippen LogP contribution >= 0.6 is 11.3 Å². The molecule has 2 fully saturated rings. The van der Waals surface area contributed by atoms with E-state index in [-0.39, 0.29) is 33.0 Å². The number of fused-ring (bicyclic) bond motifs is 6. The highest BCUT2D eigenvalue weighted by Crippen LogP contribution is 2.47. The summed E-state index contributed by atoms with van der Waals surface area (Å²) in [5, 5.41) is 11.0. The molecule has 3 aliphatic rings. The number of hydrogen-bond acceptors (Lipinski definition) is 8. The average Bonchev–Trinajstić information content (AvgIpc) is 3.62. The van der Waals surface area contributed by atoms with E-state index in [0.29, 0.717) is 40.6 Å². The van der Waals surface area contributed by atoms with Gasteiger partial charge in [0.05, 0.1) is 28.9 Å². The van der Waals surface area contributed by atoms with Gasteiger partial charge in [0, 0.05) is 36.1 Å². The van der Waals surface area contributed by atoms with Crippen LogP contribution in [0, 0.1) is 23.0 Å². The van der Waals surface area contributed by atoms with E-state index in [4.69, 9.17) is 10.5 Å². The second-order valence-electron chi connectivity index (χ2n) is 9.45. The molecule has 0 amide bonds. The topological polar surface area (TPSA) is 91.3 Å². The monoisotopic (exact) mass is 490 g/mol. The number of piperazine rings is 1. The fraction of sp³-hybridized carbons (Fsp3) is 0.320. The van der Waals surface area contributed by atoms with Crippen molar-refractivity contribution >= 4 is 43.1 Å². The Kier molecular flexibility index (Phi) is 4.37. The second-order valence-corrected chi connectivity index (χ2v) is 10.5. The standard InChI is InChI=1S/C25H20F2N6OS/c1-32-6-12-4-11(32)7-33(12)25-20-16-9-34-8-15(16)18(21(27)22(20)30-10-31-25)13-2-3-17(26)23-19(13)14(5-28)24(29)35-23/h2-3,10-12H,4,6-9,29H2,1H3. The van der Waals surface area contributed by atoms with Gasteiger partial charge in [-0.15, -0.1) is 11.3 Å². The quantitative estimate of drug-likeness (QED) is 0.451. The van der Waals surface area contributed by atoms with Crippen molar-refractivity contribution in [3.05, 3.63) is 46.8 Å². The highest BCUT2D eigenvalue weighted by Gasteiger charge is 2.43. The lowest BCUT2D eigenvalue weighted by Crippen LogP contribution is -2.45. The first-order valence-corrected chi connectivity index (χ1v) is 12.2. The SMILES string of the molecule is CN1CC2CC1CN2c1ncnc2c(F)c(-c3ccc(F)c4sc(N)c(C#N)c34)c3c(c12)COC3. The Labute approximate surface area is 203 Å². The first-order chi connectivity index (χ1) is 17.0. The molecule has 10 heteroatoms. The molecule has 0 spiro atoms. The zero-order valence-corrected chi connectivity index (χ0v) is 19.6. The molecular formula is C25H20F2N6OS. The summed E-state index contributed by atoms with van der Waals surface area (Å²) in [5.41, 5.74) is 8.66. The lowest BCUT2D eigenvalue weighted by Gasteiger charge is -2.33. The fourth-order valence-corrected chi connectivity index (χ4v) is 7.03. The van der Waals surface area contributed by atoms with Crippen molar-refractivity contribution < 1.29 is 13.5 Å². The number of rotatable bonds is 2. The summed E-state index contributed by atoms with van der Waals surface area (Å²) in [4.78, 5) is 13.6. The summed E-state index contributed by atoms with van der Waals surface area (Å²) in [7, 11) is 2.13. The van der Waals surface area contributed by atoms with Gasteiger partial charge in [-0.05, 0) is 36.2 Å². The number of anilines is 2. The Balaban J connectivity index is 1.52. The van der Waals surface area contributed by atoms with Gasteiger partial charge in [-0.3, -0.25) is 4.90 Å². The average molecular weight is 491 g/mol. The number of nitrogens with two attached hydrogens (primary N) is 1. The molecule has 5 heterocycles. The van der Waals surface area contributed by atoms with Crippen molar-refractivity contribution in [1.82, 2.24) is 14.9 Å². The van der Waals surface area contributed by atoms with E-state index in [1.807, 2.05) is 0 Å². The summed E-state index contributed by atoms with van der Waals surface area (Å²) in [6.07, 6.45) is 2.47. The Bertz CT molecular complexity index is 1610. The van der Waals surface area contributed by atoms with Gasteiger partial charge in [0.2, 0.25) is 0 Å². The zero-order valence-electron chi connectivity index (χ0n) is 18.8. The minimum absolute atomic E-state index is 0.159. The lowest BCUT2D eigenvalue weighted by atomic mass is 9.90. The van der Waals surface area contributed by atoms with Crippen LogP contribution in [0.5, 0.6) is 0 Å². The van der Waals surface area contributed by atoms with Crippen LogP contribution in [0.15, 0.2) is 18.5 Å². The van der Waals surface area contributed by atoms with Crippen LogP contribution in [0.1, 0.15) is 23.1 Å². The van der Waals surface area contributed by atoms with Crippen LogP contribution in [0.2, 0.25) is 0 Å². The maximum Gasteiger partial charge on any atom is 0.157 e. The minimum atomic E-state index is -0.518. The first-order valence-electron chi connectivity index (χ1n) is 11.4. The number of benzene rings is 2. The number of ether oxygens (including phenoxy) is 1. The highest BCUT2D eigenvalue weighted by atomic mass is 32.1. The summed E-state index contributed by atoms with van der Waals surface area (Å²) in [6, 6.07) is 5.67. The molecule has 2 atom stereocenters. The third kappa shape index (κ3) is 2.74. The van der Waals surface area contributed by atoms with Gasteiger partial charge in [0.25, 0.3) is 0 Å². The van der Waals surface area contributed by atoms with E-state index in [0.717, 1.165) is 42.2 Å². The molecule has 7 nitrogen and oxygen atoms in total. The van der Waals surface area contributed by atoms with Crippen molar-refractivity contribution in [3.8, 4) is 17.2 Å². The molecule has 0 radical (unpaired) electrons. The number of nitrogens with zero attached hydrogens (tertiary/aromatic N) is 5. The van der Waals surface area contributed by atoms with Crippen LogP contribution < -0.4 is 10.6 Å². The smallest absolute Gasteiger partial charge is 0.157 e. The molecule has 0 aliphatic carbocycles. The summed E-state index contributed by atoms with van der Waals surface area (Å²) in [5.74, 6) is -0.268. The van der Waals surface area contributed by atoms with E-state index in [2.05, 4.69) is 32.9 Å². The molecule has 0 saturated carbocycles. The molecule has 2 aromatic heterocycles. The van der Waals surface area contributed by atoms with Crippen molar-refractivity contribution in [2.75, 3.05) is 30.8 Å². The van der Waals surface area contributed by atoms with Crippen LogP contribution in [-0.2, 0) is 18.0 Å². The third-order valence-corrected chi connectivity index (χ3v) is 8.73. The molecule has 2 N–H and O–H groups in total. The van der Waals surface area contributed by atoms with Gasteiger partial charge in [-0.2, -0.15) is 5.26 Å². The number of likely N-dealkylation sites (tertiary alicyclic amines) is 1. The predicted octanol–water partition coefficient (Wildman–Crippen LogP) is 4.17. The first kappa shape index (κ1) is 20.9. The third-order valence-electron chi connectivity index (χ3n) is 7.70. The molecule has 7 rings (SSSR count). The minimum Gasteiger partial charge on any atom is -0.389 e. The zero-order chi connectivity index (χ0) is 24.0. The van der Waals surface area contributed by atoms with Gasteiger partial charge in [0.15, 0.2) is 5.82 Å². The molecule has 4 aromatic rings.